The molecule has 9 heteroatoms. The maximum absolute atomic E-state index is 12.6. The molecule has 2 N–H and O–H groups in total. The molecule has 28 heavy (non-hydrogen) atoms. The van der Waals surface area contributed by atoms with Gasteiger partial charge >= 0.3 is 0 Å². The van der Waals surface area contributed by atoms with Gasteiger partial charge in [0, 0.05) is 23.8 Å². The number of hydrogen-bond acceptors (Lipinski definition) is 7. The van der Waals surface area contributed by atoms with Crippen molar-refractivity contribution in [2.45, 2.75) is 25.8 Å². The Bertz CT molecular complexity index is 1040. The lowest BCUT2D eigenvalue weighted by Crippen LogP contribution is -2.30. The van der Waals surface area contributed by atoms with Crippen molar-refractivity contribution in [1.82, 2.24) is 30.6 Å². The standard InChI is InChI=1S/C19H18N6O2S/c1-12-20-19(24-23-12)17(13-5-3-2-4-6-13)21-15(26)7-8-16-22-18(25-27-16)14-9-10-28-11-14/h2-6,9-11,17H,7-8H2,1H3,(H,21,26)(H,20,23,24)/t17-/m1/s1. The Morgan fingerprint density at radius 2 is 2.11 bits per heavy atom. The molecule has 0 fully saturated rings. The number of nitrogens with zero attached hydrogens (tertiary/aromatic N) is 4. The van der Waals surface area contributed by atoms with Gasteiger partial charge in [0.25, 0.3) is 0 Å². The summed E-state index contributed by atoms with van der Waals surface area (Å²) in [4.78, 5) is 21.3. The maximum Gasteiger partial charge on any atom is 0.227 e. The Labute approximate surface area is 165 Å². The fourth-order valence-corrected chi connectivity index (χ4v) is 3.38. The van der Waals surface area contributed by atoms with Crippen molar-refractivity contribution in [2.75, 3.05) is 0 Å². The summed E-state index contributed by atoms with van der Waals surface area (Å²) < 4.78 is 5.25. The molecule has 4 rings (SSSR count). The summed E-state index contributed by atoms with van der Waals surface area (Å²) in [6, 6.07) is 11.1. The number of aryl methyl sites for hydroxylation is 2. The summed E-state index contributed by atoms with van der Waals surface area (Å²) in [6.45, 7) is 1.82. The number of carbonyl (C=O) groups excluding carboxylic acids is 1. The Morgan fingerprint density at radius 1 is 1.25 bits per heavy atom. The molecule has 142 valence electrons. The Morgan fingerprint density at radius 3 is 2.82 bits per heavy atom. The molecule has 0 saturated carbocycles. The first kappa shape index (κ1) is 18.1. The van der Waals surface area contributed by atoms with Crippen molar-refractivity contribution < 1.29 is 9.32 Å². The molecule has 0 saturated heterocycles. The Balaban J connectivity index is 1.42. The number of benzene rings is 1. The van der Waals surface area contributed by atoms with Gasteiger partial charge in [-0.05, 0) is 23.9 Å². The lowest BCUT2D eigenvalue weighted by atomic mass is 10.1. The predicted molar refractivity (Wildman–Crippen MR) is 103 cm³/mol. The molecule has 0 unspecified atom stereocenters. The average Bonchev–Trinajstić information content (AvgIpc) is 3.46. The summed E-state index contributed by atoms with van der Waals surface area (Å²) in [5.74, 6) is 2.04. The summed E-state index contributed by atoms with van der Waals surface area (Å²) in [6.07, 6.45) is 0.579. The quantitative estimate of drug-likeness (QED) is 0.498. The van der Waals surface area contributed by atoms with Gasteiger partial charge < -0.3 is 9.84 Å². The monoisotopic (exact) mass is 394 g/mol. The zero-order valence-corrected chi connectivity index (χ0v) is 15.9. The van der Waals surface area contributed by atoms with Crippen molar-refractivity contribution >= 4 is 17.2 Å². The minimum atomic E-state index is -0.428. The van der Waals surface area contributed by atoms with Crippen LogP contribution in [-0.2, 0) is 11.2 Å². The van der Waals surface area contributed by atoms with E-state index in [0.29, 0.717) is 29.8 Å². The van der Waals surface area contributed by atoms with E-state index < -0.39 is 6.04 Å². The third-order valence-electron chi connectivity index (χ3n) is 4.12. The summed E-state index contributed by atoms with van der Waals surface area (Å²) in [7, 11) is 0. The topological polar surface area (TPSA) is 110 Å². The highest BCUT2D eigenvalue weighted by Crippen LogP contribution is 2.20. The van der Waals surface area contributed by atoms with E-state index in [-0.39, 0.29) is 12.3 Å². The van der Waals surface area contributed by atoms with Crippen LogP contribution in [0.2, 0.25) is 0 Å². The zero-order chi connectivity index (χ0) is 19.3. The lowest BCUT2D eigenvalue weighted by molar-refractivity contribution is -0.121. The molecule has 1 amide bonds. The van der Waals surface area contributed by atoms with Crippen molar-refractivity contribution in [3.8, 4) is 11.4 Å². The molecule has 0 spiro atoms. The third-order valence-corrected chi connectivity index (χ3v) is 4.81. The summed E-state index contributed by atoms with van der Waals surface area (Å²) in [5, 5.41) is 17.9. The minimum absolute atomic E-state index is 0.147. The molecule has 1 aromatic carbocycles. The third kappa shape index (κ3) is 4.15. The van der Waals surface area contributed by atoms with Crippen LogP contribution in [0.15, 0.2) is 51.7 Å². The number of aromatic nitrogens is 5. The van der Waals surface area contributed by atoms with E-state index in [9.17, 15) is 4.79 Å². The molecule has 3 heterocycles. The van der Waals surface area contributed by atoms with Crippen LogP contribution in [0.5, 0.6) is 0 Å². The minimum Gasteiger partial charge on any atom is -0.342 e. The second kappa shape index (κ2) is 8.13. The van der Waals surface area contributed by atoms with Gasteiger partial charge in [0.15, 0.2) is 5.82 Å². The first-order valence-electron chi connectivity index (χ1n) is 8.77. The van der Waals surface area contributed by atoms with E-state index in [2.05, 4.69) is 30.6 Å². The van der Waals surface area contributed by atoms with E-state index in [1.807, 2.05) is 54.1 Å². The SMILES string of the molecule is Cc1nc([C@H](NC(=O)CCc2nc(-c3ccsc3)no2)c2ccccc2)n[nH]1. The van der Waals surface area contributed by atoms with Crippen LogP contribution in [0.25, 0.3) is 11.4 Å². The number of aromatic amines is 1. The highest BCUT2D eigenvalue weighted by atomic mass is 32.1. The average molecular weight is 394 g/mol. The number of hydrogen-bond donors (Lipinski definition) is 2. The number of thiophene rings is 1. The van der Waals surface area contributed by atoms with Gasteiger partial charge in [-0.1, -0.05) is 35.5 Å². The van der Waals surface area contributed by atoms with E-state index >= 15 is 0 Å². The van der Waals surface area contributed by atoms with Crippen LogP contribution < -0.4 is 5.32 Å². The molecule has 0 aliphatic rings. The number of rotatable bonds is 7. The van der Waals surface area contributed by atoms with E-state index in [1.54, 1.807) is 11.3 Å². The van der Waals surface area contributed by atoms with Gasteiger partial charge in [-0.2, -0.15) is 21.4 Å². The van der Waals surface area contributed by atoms with Crippen LogP contribution in [0.3, 0.4) is 0 Å². The molecule has 8 nitrogen and oxygen atoms in total. The highest BCUT2D eigenvalue weighted by molar-refractivity contribution is 7.08. The number of nitrogens with one attached hydrogen (secondary N) is 2. The molecular weight excluding hydrogens is 376 g/mol. The molecule has 3 aromatic heterocycles. The summed E-state index contributed by atoms with van der Waals surface area (Å²) in [5.41, 5.74) is 1.82. The second-order valence-electron chi connectivity index (χ2n) is 6.21. The predicted octanol–water partition coefficient (Wildman–Crippen LogP) is 3.06. The van der Waals surface area contributed by atoms with E-state index in [1.165, 1.54) is 0 Å². The van der Waals surface area contributed by atoms with Gasteiger partial charge in [0.1, 0.15) is 11.9 Å². The van der Waals surface area contributed by atoms with Gasteiger partial charge in [-0.25, -0.2) is 4.98 Å². The first-order valence-corrected chi connectivity index (χ1v) is 9.71. The normalized spacial score (nSPS) is 12.0. The van der Waals surface area contributed by atoms with Gasteiger partial charge in [-0.3, -0.25) is 9.89 Å². The Hall–Kier alpha value is -3.33. The van der Waals surface area contributed by atoms with Crippen LogP contribution >= 0.6 is 11.3 Å². The van der Waals surface area contributed by atoms with Crippen LogP contribution in [-0.4, -0.2) is 31.2 Å². The Kier molecular flexibility index (Phi) is 5.24. The smallest absolute Gasteiger partial charge is 0.227 e. The van der Waals surface area contributed by atoms with Crippen LogP contribution in [0.4, 0.5) is 0 Å². The van der Waals surface area contributed by atoms with Gasteiger partial charge in [-0.15, -0.1) is 0 Å². The lowest BCUT2D eigenvalue weighted by Gasteiger charge is -2.16. The maximum atomic E-state index is 12.6. The second-order valence-corrected chi connectivity index (χ2v) is 6.99. The molecule has 0 bridgehead atoms. The molecule has 0 radical (unpaired) electrons. The van der Waals surface area contributed by atoms with Crippen LogP contribution in [0.1, 0.15) is 35.6 Å². The molecular formula is C19H18N6O2S. The fraction of sp³-hybridized carbons (Fsp3) is 0.211. The number of H-pyrrole nitrogens is 1. The van der Waals surface area contributed by atoms with Crippen LogP contribution in [0, 0.1) is 6.92 Å². The van der Waals surface area contributed by atoms with Crippen molar-refractivity contribution in [3.05, 3.63) is 70.3 Å². The zero-order valence-electron chi connectivity index (χ0n) is 15.1. The van der Waals surface area contributed by atoms with Crippen molar-refractivity contribution in [1.29, 1.82) is 0 Å². The fourth-order valence-electron chi connectivity index (χ4n) is 2.75. The molecule has 0 aliphatic carbocycles. The highest BCUT2D eigenvalue weighted by Gasteiger charge is 2.21. The largest absolute Gasteiger partial charge is 0.342 e. The van der Waals surface area contributed by atoms with E-state index in [4.69, 9.17) is 4.52 Å². The van der Waals surface area contributed by atoms with Gasteiger partial charge in [0.05, 0.1) is 0 Å². The number of amides is 1. The summed E-state index contributed by atoms with van der Waals surface area (Å²) >= 11 is 1.57. The first-order chi connectivity index (χ1) is 13.7. The number of carbonyl (C=O) groups is 1. The van der Waals surface area contributed by atoms with E-state index in [0.717, 1.165) is 11.1 Å². The van der Waals surface area contributed by atoms with Crippen molar-refractivity contribution in [2.24, 2.45) is 0 Å². The van der Waals surface area contributed by atoms with Gasteiger partial charge in [0.2, 0.25) is 17.6 Å². The molecule has 0 aliphatic heterocycles. The molecule has 4 aromatic rings. The molecule has 1 atom stereocenters. The van der Waals surface area contributed by atoms with Crippen molar-refractivity contribution in [3.63, 3.8) is 0 Å².